The van der Waals surface area contributed by atoms with Crippen LogP contribution in [0.2, 0.25) is 0 Å². The summed E-state index contributed by atoms with van der Waals surface area (Å²) in [4.78, 5) is 31.5. The van der Waals surface area contributed by atoms with Crippen molar-refractivity contribution < 1.29 is 14.0 Å². The molecule has 7 heteroatoms. The van der Waals surface area contributed by atoms with Crippen LogP contribution in [-0.2, 0) is 21.8 Å². The first-order valence-electron chi connectivity index (χ1n) is 15.0. The predicted octanol–water partition coefficient (Wildman–Crippen LogP) is 7.03. The van der Waals surface area contributed by atoms with Gasteiger partial charge in [0.25, 0.3) is 0 Å². The molecule has 3 saturated carbocycles. The highest BCUT2D eigenvalue weighted by atomic mass is 19.1. The first kappa shape index (κ1) is 27.5. The van der Waals surface area contributed by atoms with E-state index in [0.717, 1.165) is 50.5 Å². The van der Waals surface area contributed by atoms with E-state index in [1.165, 1.54) is 0 Å². The van der Waals surface area contributed by atoms with Crippen molar-refractivity contribution in [3.63, 3.8) is 0 Å². The molecule has 6 rings (SSSR count). The van der Waals surface area contributed by atoms with Crippen LogP contribution >= 0.6 is 0 Å². The molecular formula is C33H43FN4O2. The molecule has 5 aliphatic carbocycles. The molecule has 1 aromatic heterocycles. The third-order valence-corrected chi connectivity index (χ3v) is 12.9. The fraction of sp³-hybridized carbons (Fsp3) is 0.727. The molecule has 0 unspecified atom stereocenters. The molecule has 0 aromatic carbocycles. The average molecular weight is 547 g/mol. The number of aromatic nitrogens is 3. The summed E-state index contributed by atoms with van der Waals surface area (Å²) < 4.78 is 15.5. The topological polar surface area (TPSA) is 69.2 Å². The molecule has 1 aromatic rings. The van der Waals surface area contributed by atoms with Gasteiger partial charge in [0.15, 0.2) is 11.6 Å². The Morgan fingerprint density at radius 3 is 2.40 bits per heavy atom. The number of nitrogens with zero attached hydrogens (tertiary/aromatic N) is 4. The number of hydrogen-bond acceptors (Lipinski definition) is 4. The summed E-state index contributed by atoms with van der Waals surface area (Å²) in [5.41, 5.74) is -0.328. The maximum Gasteiger partial charge on any atom is 0.226 e. The molecule has 0 saturated heterocycles. The van der Waals surface area contributed by atoms with Crippen LogP contribution in [0.25, 0.3) is 4.85 Å². The Labute approximate surface area is 237 Å². The van der Waals surface area contributed by atoms with Gasteiger partial charge in [0.05, 0.1) is 18.3 Å². The van der Waals surface area contributed by atoms with E-state index < -0.39 is 17.5 Å². The number of Topliss-reactive ketones (excluding diaryl/α,β-unsaturated/α-hetero) is 1. The quantitative estimate of drug-likeness (QED) is 0.374. The summed E-state index contributed by atoms with van der Waals surface area (Å²) in [6, 6.07) is 0. The lowest BCUT2D eigenvalue weighted by Gasteiger charge is -2.69. The molecule has 0 radical (unpaired) electrons. The van der Waals surface area contributed by atoms with Gasteiger partial charge in [-0.25, -0.2) is 13.9 Å². The van der Waals surface area contributed by atoms with Crippen LogP contribution in [0, 0.1) is 51.4 Å². The van der Waals surface area contributed by atoms with Gasteiger partial charge in [-0.1, -0.05) is 65.3 Å². The fourth-order valence-corrected chi connectivity index (χ4v) is 10.5. The smallest absolute Gasteiger partial charge is 0.226 e. The van der Waals surface area contributed by atoms with E-state index in [1.807, 2.05) is 30.7 Å². The molecule has 5 aliphatic rings. The Kier molecular flexibility index (Phi) is 5.67. The largest absolute Gasteiger partial charge is 0.307 e. The summed E-state index contributed by atoms with van der Waals surface area (Å²) in [5.74, 6) is 0.0105. The van der Waals surface area contributed by atoms with Gasteiger partial charge in [-0.2, -0.15) is 0 Å². The summed E-state index contributed by atoms with van der Waals surface area (Å²) in [6.07, 6.45) is 12.0. The fourth-order valence-electron chi connectivity index (χ4n) is 10.5. The Bertz CT molecular complexity index is 1410. The number of rotatable bonds is 2. The van der Waals surface area contributed by atoms with Crippen molar-refractivity contribution in [1.82, 2.24) is 15.0 Å². The molecular weight excluding hydrogens is 503 g/mol. The molecule has 7 atom stereocenters. The van der Waals surface area contributed by atoms with Gasteiger partial charge in [0.1, 0.15) is 12.4 Å². The number of hydrogen-bond donors (Lipinski definition) is 0. The van der Waals surface area contributed by atoms with Crippen molar-refractivity contribution in [3.8, 4) is 0 Å². The molecule has 0 aliphatic heterocycles. The SMILES string of the molecule is [C-]#[N+]C1=C[C@]2(C)C3=CC(=O)[C@@H]4[C@@H]5CC(C)(C)CC[C@]5(n5cc(CF)nn5)CC[C@@]4(C)[C@]3(C)CC[C@H]2C(C)(C)C1=O. The van der Waals surface area contributed by atoms with Crippen LogP contribution in [0.5, 0.6) is 0 Å². The third-order valence-electron chi connectivity index (χ3n) is 12.9. The maximum atomic E-state index is 14.6. The zero-order valence-corrected chi connectivity index (χ0v) is 25.1. The first-order valence-corrected chi connectivity index (χ1v) is 15.0. The standard InChI is InChI=1S/C33H43FN4O2/c1-28(2)11-13-33(38-19-20(18-34)36-37-38)14-12-32(7)26(21(33)16-28)23(39)15-25-30(5)17-22(35-8)27(40)29(3,4)24(30)9-10-31(25,32)6/h15,17,19,21,24,26H,9-14,16,18H2,1-7H3/t21-,24-,26-,30-,31+,32+,33-/m0/s1. The van der Waals surface area contributed by atoms with E-state index in [0.29, 0.717) is 5.69 Å². The van der Waals surface area contributed by atoms with Crippen LogP contribution in [0.1, 0.15) is 99.1 Å². The molecule has 0 spiro atoms. The van der Waals surface area contributed by atoms with Crippen molar-refractivity contribution in [2.75, 3.05) is 0 Å². The highest BCUT2D eigenvalue weighted by Crippen LogP contribution is 2.74. The number of allylic oxidation sites excluding steroid dienone is 4. The normalized spacial score (nSPS) is 43.3. The van der Waals surface area contributed by atoms with Gasteiger partial charge in [-0.15, -0.1) is 5.10 Å². The van der Waals surface area contributed by atoms with Crippen molar-refractivity contribution in [3.05, 3.63) is 46.7 Å². The summed E-state index contributed by atoms with van der Waals surface area (Å²) in [7, 11) is 0. The van der Waals surface area contributed by atoms with Gasteiger partial charge in [-0.3, -0.25) is 4.79 Å². The van der Waals surface area contributed by atoms with E-state index in [2.05, 4.69) is 49.8 Å². The minimum absolute atomic E-state index is 0.0378. The number of alkyl halides is 1. The van der Waals surface area contributed by atoms with Crippen molar-refractivity contribution in [2.24, 2.45) is 44.8 Å². The number of ketones is 2. The zero-order chi connectivity index (χ0) is 29.1. The van der Waals surface area contributed by atoms with E-state index >= 15 is 0 Å². The molecule has 0 bridgehead atoms. The summed E-state index contributed by atoms with van der Waals surface area (Å²) in [5, 5.41) is 8.58. The van der Waals surface area contributed by atoms with Gasteiger partial charge >= 0.3 is 0 Å². The van der Waals surface area contributed by atoms with Gasteiger partial charge in [0, 0.05) is 16.7 Å². The van der Waals surface area contributed by atoms with Gasteiger partial charge < -0.3 is 4.79 Å². The number of halogens is 1. The second-order valence-corrected chi connectivity index (χ2v) is 15.6. The Morgan fingerprint density at radius 1 is 1.05 bits per heavy atom. The van der Waals surface area contributed by atoms with E-state index in [1.54, 1.807) is 6.20 Å². The van der Waals surface area contributed by atoms with Crippen molar-refractivity contribution >= 4 is 11.6 Å². The Balaban J connectivity index is 1.53. The number of carbonyl (C=O) groups excluding carboxylic acids is 2. The minimum atomic E-state index is -0.664. The number of fused-ring (bicyclic) bond motifs is 7. The van der Waals surface area contributed by atoms with E-state index in [4.69, 9.17) is 6.57 Å². The molecule has 214 valence electrons. The van der Waals surface area contributed by atoms with Crippen molar-refractivity contribution in [1.29, 1.82) is 0 Å². The highest BCUT2D eigenvalue weighted by Gasteiger charge is 2.70. The van der Waals surface area contributed by atoms with Crippen LogP contribution < -0.4 is 0 Å². The van der Waals surface area contributed by atoms with Crippen LogP contribution in [-0.4, -0.2) is 26.6 Å². The lowest BCUT2D eigenvalue weighted by molar-refractivity contribution is -0.169. The predicted molar refractivity (Wildman–Crippen MR) is 150 cm³/mol. The third kappa shape index (κ3) is 3.25. The molecule has 1 heterocycles. The lowest BCUT2D eigenvalue weighted by atomic mass is 9.35. The minimum Gasteiger partial charge on any atom is -0.307 e. The molecule has 0 amide bonds. The highest BCUT2D eigenvalue weighted by molar-refractivity contribution is 6.03. The first-order chi connectivity index (χ1) is 18.6. The zero-order valence-electron chi connectivity index (χ0n) is 25.1. The van der Waals surface area contributed by atoms with Crippen LogP contribution in [0.3, 0.4) is 0 Å². The van der Waals surface area contributed by atoms with E-state index in [9.17, 15) is 14.0 Å². The maximum absolute atomic E-state index is 14.6. The van der Waals surface area contributed by atoms with E-state index in [-0.39, 0.29) is 56.8 Å². The molecule has 6 nitrogen and oxygen atoms in total. The van der Waals surface area contributed by atoms with Crippen LogP contribution in [0.15, 0.2) is 29.6 Å². The average Bonchev–Trinajstić information content (AvgIpc) is 3.37. The number of carbonyl (C=O) groups is 2. The molecule has 0 N–H and O–H groups in total. The molecule has 3 fully saturated rings. The van der Waals surface area contributed by atoms with Gasteiger partial charge in [0.2, 0.25) is 5.70 Å². The van der Waals surface area contributed by atoms with Crippen molar-refractivity contribution in [2.45, 2.75) is 106 Å². The Hall–Kier alpha value is -2.62. The molecule has 40 heavy (non-hydrogen) atoms. The lowest BCUT2D eigenvalue weighted by Crippen LogP contribution is -2.66. The Morgan fingerprint density at radius 2 is 1.75 bits per heavy atom. The second-order valence-electron chi connectivity index (χ2n) is 15.6. The monoisotopic (exact) mass is 546 g/mol. The van der Waals surface area contributed by atoms with Crippen LogP contribution in [0.4, 0.5) is 4.39 Å². The summed E-state index contributed by atoms with van der Waals surface area (Å²) >= 11 is 0. The van der Waals surface area contributed by atoms with Gasteiger partial charge in [-0.05, 0) is 79.1 Å². The summed E-state index contributed by atoms with van der Waals surface area (Å²) in [6.45, 7) is 22.6. The second kappa shape index (κ2) is 8.23.